The molecule has 5 fully saturated rings. The van der Waals surface area contributed by atoms with E-state index in [0.717, 1.165) is 64.4 Å². The topological polar surface area (TPSA) is 165 Å². The number of aliphatic imine (C=N–C) groups is 1. The predicted molar refractivity (Wildman–Crippen MR) is 302 cm³/mol. The third kappa shape index (κ3) is 13.7. The first-order valence-corrected chi connectivity index (χ1v) is 27.7. The van der Waals surface area contributed by atoms with E-state index in [-0.39, 0.29) is 73.8 Å². The lowest BCUT2D eigenvalue weighted by atomic mass is 9.79. The summed E-state index contributed by atoms with van der Waals surface area (Å²) in [5, 5.41) is 9.70. The van der Waals surface area contributed by atoms with Crippen LogP contribution in [0.4, 0.5) is 8.78 Å². The fourth-order valence-corrected chi connectivity index (χ4v) is 10.2. The van der Waals surface area contributed by atoms with Gasteiger partial charge in [-0.3, -0.25) is 29.3 Å². The number of rotatable bonds is 13. The molecule has 0 radical (unpaired) electrons. The van der Waals surface area contributed by atoms with E-state index in [1.165, 1.54) is 7.11 Å². The molecule has 1 aromatic heterocycles. The fourth-order valence-electron chi connectivity index (χ4n) is 9.75. The maximum atomic E-state index is 14.5. The summed E-state index contributed by atoms with van der Waals surface area (Å²) in [6.07, 6.45) is 10.3. The Labute approximate surface area is 465 Å². The Bertz CT molecular complexity index is 3000. The number of nitrogens with one attached hydrogen (secondary N) is 2. The predicted octanol–water partition coefficient (Wildman–Crippen LogP) is 11.9. The van der Waals surface area contributed by atoms with Crippen LogP contribution in [-0.4, -0.2) is 120 Å². The van der Waals surface area contributed by atoms with E-state index in [0.29, 0.717) is 46.1 Å². The zero-order chi connectivity index (χ0) is 55.9. The number of halogens is 3. The Morgan fingerprint density at radius 1 is 0.756 bits per heavy atom. The highest BCUT2D eigenvalue weighted by Gasteiger charge is 2.52. The van der Waals surface area contributed by atoms with E-state index in [1.54, 1.807) is 77.8 Å². The number of hydrogen-bond acceptors (Lipinski definition) is 10. The minimum atomic E-state index is -1.11. The van der Waals surface area contributed by atoms with Crippen LogP contribution in [0.15, 0.2) is 118 Å². The standard InChI is InChI=1S/C26H26FN3O3.C22H22BrFN2O3.C10H16BNO2.C2H6/c1-33-25-11-19(7-8-22(25)20-13-28-29-14-20)26(32)30-15-21(27)12-23(30)17-3-2-4-18(10-17)24(31)9-16-5-6-16;1-29-20-10-15(5-8-18(20)23)22(28)26-12-16(24)11-19(26)13-3-2-4-14(9-13)21(27)25-17-6-7-17;1-9(2)10(3,4)14-11(13-9)8-5-6-12-7-8;1-2/h2-4,7-8,10-11,13-14,16,21,23H,5-6,9,12,15H2,1H3,(H,28,29);2-5,8-10,16-17,19H,6-7,11-12H2,1H3,(H,25,27);5,7H,6H2,1-4H3;1-2H3/t21?,23-;16?,19-;;/m11../s1. The van der Waals surface area contributed by atoms with E-state index in [9.17, 15) is 28.0 Å². The molecule has 4 atom stereocenters. The number of likely N-dealkylation sites (tertiary alicyclic amines) is 2. The quantitative estimate of drug-likeness (QED) is 0.0862. The second-order valence-electron chi connectivity index (χ2n) is 21.2. The number of H-pyrrole nitrogens is 1. The van der Waals surface area contributed by atoms with Crippen molar-refractivity contribution in [1.29, 1.82) is 0 Å². The van der Waals surface area contributed by atoms with Crippen LogP contribution in [0.3, 0.4) is 0 Å². The summed E-state index contributed by atoms with van der Waals surface area (Å²) < 4.78 is 52.1. The number of ether oxygens (including phenoxy) is 2. The number of methoxy groups -OCH3 is 2. The molecule has 78 heavy (non-hydrogen) atoms. The van der Waals surface area contributed by atoms with Gasteiger partial charge in [-0.2, -0.15) is 5.10 Å². The van der Waals surface area contributed by atoms with Crippen molar-refractivity contribution in [2.75, 3.05) is 33.9 Å². The molecule has 412 valence electrons. The van der Waals surface area contributed by atoms with Gasteiger partial charge in [-0.25, -0.2) is 8.78 Å². The summed E-state index contributed by atoms with van der Waals surface area (Å²) in [6.45, 7) is 13.0. The third-order valence-corrected chi connectivity index (χ3v) is 15.7. The molecule has 2 N–H and O–H groups in total. The van der Waals surface area contributed by atoms with Gasteiger partial charge in [-0.05, 0) is 146 Å². The summed E-state index contributed by atoms with van der Waals surface area (Å²) >= 11 is 3.38. The lowest BCUT2D eigenvalue weighted by Crippen LogP contribution is -2.41. The lowest BCUT2D eigenvalue weighted by molar-refractivity contribution is 0.00578. The Hall–Kier alpha value is -6.50. The second kappa shape index (κ2) is 25.1. The van der Waals surface area contributed by atoms with Crippen molar-refractivity contribution in [3.63, 3.8) is 0 Å². The first kappa shape index (κ1) is 57.7. The van der Waals surface area contributed by atoms with Crippen LogP contribution in [0, 0.1) is 5.92 Å². The van der Waals surface area contributed by atoms with Crippen molar-refractivity contribution >= 4 is 52.8 Å². The molecule has 3 amide bonds. The number of hydrogen-bond donors (Lipinski definition) is 2. The highest BCUT2D eigenvalue weighted by atomic mass is 79.9. The van der Waals surface area contributed by atoms with Gasteiger partial charge in [0.1, 0.15) is 23.8 Å². The minimum Gasteiger partial charge on any atom is -0.496 e. The second-order valence-corrected chi connectivity index (χ2v) is 22.1. The Morgan fingerprint density at radius 3 is 1.85 bits per heavy atom. The van der Waals surface area contributed by atoms with Crippen molar-refractivity contribution in [3.05, 3.63) is 147 Å². The van der Waals surface area contributed by atoms with Gasteiger partial charge in [-0.15, -0.1) is 0 Å². The molecule has 18 heteroatoms. The number of aromatic amines is 1. The van der Waals surface area contributed by atoms with Crippen LogP contribution in [0.1, 0.15) is 151 Å². The number of allylic oxidation sites excluding steroid dienone is 1. The molecule has 3 saturated heterocycles. The van der Waals surface area contributed by atoms with Crippen LogP contribution in [0.25, 0.3) is 11.1 Å². The molecule has 5 aromatic rings. The fraction of sp³-hybridized carbons (Fsp3) is 0.433. The molecule has 2 unspecified atom stereocenters. The molecule has 6 aliphatic rings. The first-order chi connectivity index (χ1) is 37.4. The van der Waals surface area contributed by atoms with E-state index in [4.69, 9.17) is 18.8 Å². The third-order valence-electron chi connectivity index (χ3n) is 15.1. The van der Waals surface area contributed by atoms with E-state index < -0.39 is 24.4 Å². The summed E-state index contributed by atoms with van der Waals surface area (Å²) in [4.78, 5) is 58.8. The van der Waals surface area contributed by atoms with E-state index in [1.807, 2.05) is 62.5 Å². The Kier molecular flexibility index (Phi) is 18.6. The Balaban J connectivity index is 0.000000163. The molecular formula is C60H70BBrF2N6O8. The summed E-state index contributed by atoms with van der Waals surface area (Å²) in [6, 6.07) is 24.2. The van der Waals surface area contributed by atoms with Gasteiger partial charge < -0.3 is 33.9 Å². The van der Waals surface area contributed by atoms with Crippen LogP contribution >= 0.6 is 15.9 Å². The number of nitrogens with zero attached hydrogens (tertiary/aromatic N) is 4. The van der Waals surface area contributed by atoms with Gasteiger partial charge in [0.2, 0.25) is 0 Å². The molecule has 0 spiro atoms. The number of Topliss-reactive ketones (excluding diaryl/α,β-unsaturated/α-hetero) is 1. The van der Waals surface area contributed by atoms with Crippen molar-refractivity contribution in [2.45, 2.75) is 128 Å². The van der Waals surface area contributed by atoms with Gasteiger partial charge in [-0.1, -0.05) is 50.3 Å². The summed E-state index contributed by atoms with van der Waals surface area (Å²) in [7, 11) is 2.84. The number of benzene rings is 4. The van der Waals surface area contributed by atoms with Crippen molar-refractivity contribution < 1.29 is 46.7 Å². The smallest absolute Gasteiger partial charge is 0.496 e. The van der Waals surface area contributed by atoms with Crippen LogP contribution < -0.4 is 14.8 Å². The van der Waals surface area contributed by atoms with Crippen molar-refractivity contribution in [3.8, 4) is 22.6 Å². The zero-order valence-electron chi connectivity index (χ0n) is 45.7. The van der Waals surface area contributed by atoms with E-state index >= 15 is 0 Å². The van der Waals surface area contributed by atoms with Gasteiger partial charge in [0.15, 0.2) is 5.78 Å². The van der Waals surface area contributed by atoms with Crippen LogP contribution in [-0.2, 0) is 9.31 Å². The molecular weight excluding hydrogens is 1060 g/mol. The maximum Gasteiger partial charge on any atom is 0.496 e. The molecule has 4 aliphatic heterocycles. The minimum absolute atomic E-state index is 0.0234. The zero-order valence-corrected chi connectivity index (χ0v) is 47.3. The van der Waals surface area contributed by atoms with Gasteiger partial charge in [0.05, 0.1) is 67.8 Å². The number of ketones is 1. The van der Waals surface area contributed by atoms with Gasteiger partial charge in [0.25, 0.3) is 17.7 Å². The van der Waals surface area contributed by atoms with Gasteiger partial charge >= 0.3 is 7.12 Å². The number of carbonyl (C=O) groups is 4. The number of carbonyl (C=O) groups excluding carboxylic acids is 4. The average Bonchev–Trinajstić information content (AvgIpc) is 4.12. The highest BCUT2D eigenvalue weighted by molar-refractivity contribution is 9.10. The largest absolute Gasteiger partial charge is 0.496 e. The molecule has 14 nitrogen and oxygen atoms in total. The van der Waals surface area contributed by atoms with Crippen molar-refractivity contribution in [2.24, 2.45) is 10.9 Å². The average molecular weight is 1130 g/mol. The van der Waals surface area contributed by atoms with Gasteiger partial charge in [0, 0.05) is 71.1 Å². The highest BCUT2D eigenvalue weighted by Crippen LogP contribution is 2.41. The maximum absolute atomic E-state index is 14.5. The SMILES string of the molecule is CC.CC1(C)OB(C2=CCN=C2)OC1(C)C.COc1cc(C(=O)N2CC(F)C[C@@H]2c2cccc(C(=O)CC3CC3)c2)ccc1-c1cn[nH]c1.COc1cc(C(=O)N2CC(F)C[C@@H]2c2cccc(C(=O)NC3CC3)c2)ccc1Br. The first-order valence-electron chi connectivity index (χ1n) is 26.9. The summed E-state index contributed by atoms with van der Waals surface area (Å²) in [5.74, 6) is 1.07. The molecule has 11 rings (SSSR count). The summed E-state index contributed by atoms with van der Waals surface area (Å²) in [5.41, 5.74) is 5.80. The molecule has 2 aliphatic carbocycles. The Morgan fingerprint density at radius 2 is 1.32 bits per heavy atom. The normalized spacial score (nSPS) is 21.5. The van der Waals surface area contributed by atoms with Crippen LogP contribution in [0.2, 0.25) is 0 Å². The molecule has 2 saturated carbocycles. The number of alkyl halides is 2. The van der Waals surface area contributed by atoms with E-state index in [2.05, 4.69) is 64.1 Å². The monoisotopic (exact) mass is 1130 g/mol. The molecule has 0 bridgehead atoms. The number of aromatic nitrogens is 2. The number of amides is 3. The molecule has 4 aromatic carbocycles. The molecule has 5 heterocycles. The van der Waals surface area contributed by atoms with Crippen LogP contribution in [0.5, 0.6) is 11.5 Å². The lowest BCUT2D eigenvalue weighted by Gasteiger charge is -2.32. The van der Waals surface area contributed by atoms with Crippen molar-refractivity contribution in [1.82, 2.24) is 25.3 Å².